The number of aliphatic carboxylic acids is 1. The summed E-state index contributed by atoms with van der Waals surface area (Å²) in [5, 5.41) is 12.4. The molecule has 0 radical (unpaired) electrons. The quantitative estimate of drug-likeness (QED) is 0.731. The molecule has 7 nitrogen and oxygen atoms in total. The van der Waals surface area contributed by atoms with Crippen LogP contribution < -0.4 is 0 Å². The molecule has 1 aromatic rings. The molecule has 1 aromatic heterocycles. The Balaban J connectivity index is 2.73. The Hall–Kier alpha value is -1.47. The van der Waals surface area contributed by atoms with Crippen molar-refractivity contribution in [3.05, 3.63) is 11.7 Å². The lowest BCUT2D eigenvalue weighted by Crippen LogP contribution is -2.29. The second-order valence-corrected chi connectivity index (χ2v) is 4.03. The van der Waals surface area contributed by atoms with Gasteiger partial charge in [0.15, 0.2) is 0 Å². The Morgan fingerprint density at radius 2 is 2.05 bits per heavy atom. The molecule has 0 aromatic carbocycles. The van der Waals surface area contributed by atoms with E-state index in [1.54, 1.807) is 0 Å². The number of ether oxygens (including phenoxy) is 2. The summed E-state index contributed by atoms with van der Waals surface area (Å²) < 4.78 is 15.7. The standard InChI is InChI=1S/C12H20N2O5/c1-4-12(5-2,18-6-3)11-13-9(19-14-11)7-17-8-10(15)16/h4-8H2,1-3H3,(H,15,16). The van der Waals surface area contributed by atoms with Crippen molar-refractivity contribution in [2.75, 3.05) is 13.2 Å². The van der Waals surface area contributed by atoms with Gasteiger partial charge in [-0.05, 0) is 19.8 Å². The monoisotopic (exact) mass is 272 g/mol. The second kappa shape index (κ2) is 7.20. The molecule has 0 saturated heterocycles. The van der Waals surface area contributed by atoms with Crippen molar-refractivity contribution in [2.24, 2.45) is 0 Å². The van der Waals surface area contributed by atoms with Gasteiger partial charge in [0, 0.05) is 6.61 Å². The zero-order chi connectivity index (χ0) is 14.3. The molecule has 0 aliphatic heterocycles. The van der Waals surface area contributed by atoms with Gasteiger partial charge < -0.3 is 19.1 Å². The fraction of sp³-hybridized carbons (Fsp3) is 0.750. The molecule has 108 valence electrons. The number of rotatable bonds is 9. The van der Waals surface area contributed by atoms with E-state index in [1.165, 1.54) is 0 Å². The summed E-state index contributed by atoms with van der Waals surface area (Å²) >= 11 is 0. The number of carboxylic acid groups (broad SMARTS) is 1. The van der Waals surface area contributed by atoms with E-state index in [2.05, 4.69) is 10.1 Å². The summed E-state index contributed by atoms with van der Waals surface area (Å²) in [6, 6.07) is 0. The van der Waals surface area contributed by atoms with Crippen LogP contribution in [0.15, 0.2) is 4.52 Å². The first kappa shape index (κ1) is 15.6. The third-order valence-corrected chi connectivity index (χ3v) is 2.89. The van der Waals surface area contributed by atoms with Crippen LogP contribution in [0.25, 0.3) is 0 Å². The van der Waals surface area contributed by atoms with Gasteiger partial charge in [0.25, 0.3) is 5.89 Å². The smallest absolute Gasteiger partial charge is 0.329 e. The van der Waals surface area contributed by atoms with Gasteiger partial charge in [-0.25, -0.2) is 4.79 Å². The topological polar surface area (TPSA) is 94.7 Å². The van der Waals surface area contributed by atoms with Gasteiger partial charge in [-0.2, -0.15) is 4.98 Å². The minimum Gasteiger partial charge on any atom is -0.480 e. The van der Waals surface area contributed by atoms with Crippen LogP contribution in [-0.4, -0.2) is 34.4 Å². The van der Waals surface area contributed by atoms with Crippen LogP contribution in [0, 0.1) is 0 Å². The first-order chi connectivity index (χ1) is 9.07. The summed E-state index contributed by atoms with van der Waals surface area (Å²) in [5.74, 6) is -0.305. The predicted octanol–water partition coefficient (Wildman–Crippen LogP) is 1.72. The van der Waals surface area contributed by atoms with Crippen LogP contribution >= 0.6 is 0 Å². The van der Waals surface area contributed by atoms with Gasteiger partial charge in [-0.1, -0.05) is 19.0 Å². The van der Waals surface area contributed by atoms with E-state index in [0.29, 0.717) is 12.4 Å². The molecule has 0 aliphatic rings. The lowest BCUT2D eigenvalue weighted by atomic mass is 9.96. The highest BCUT2D eigenvalue weighted by Gasteiger charge is 2.34. The van der Waals surface area contributed by atoms with Gasteiger partial charge in [0.2, 0.25) is 5.82 Å². The highest BCUT2D eigenvalue weighted by Crippen LogP contribution is 2.30. The van der Waals surface area contributed by atoms with Crippen LogP contribution in [0.2, 0.25) is 0 Å². The number of hydrogen-bond donors (Lipinski definition) is 1. The number of hydrogen-bond acceptors (Lipinski definition) is 6. The Morgan fingerprint density at radius 1 is 1.37 bits per heavy atom. The molecule has 0 amide bonds. The molecule has 19 heavy (non-hydrogen) atoms. The SMILES string of the molecule is CCOC(CC)(CC)c1noc(COCC(=O)O)n1. The van der Waals surface area contributed by atoms with E-state index < -0.39 is 18.2 Å². The Bertz CT molecular complexity index is 401. The van der Waals surface area contributed by atoms with Crippen molar-refractivity contribution < 1.29 is 23.9 Å². The first-order valence-electron chi connectivity index (χ1n) is 6.34. The van der Waals surface area contributed by atoms with E-state index in [1.807, 2.05) is 20.8 Å². The zero-order valence-electron chi connectivity index (χ0n) is 11.5. The lowest BCUT2D eigenvalue weighted by Gasteiger charge is -2.27. The average molecular weight is 272 g/mol. The average Bonchev–Trinajstić information content (AvgIpc) is 2.85. The van der Waals surface area contributed by atoms with Crippen molar-refractivity contribution in [2.45, 2.75) is 45.8 Å². The molecule has 0 aliphatic carbocycles. The number of nitrogens with zero attached hydrogens (tertiary/aromatic N) is 2. The summed E-state index contributed by atoms with van der Waals surface area (Å²) in [7, 11) is 0. The normalized spacial score (nSPS) is 11.7. The van der Waals surface area contributed by atoms with Crippen molar-refractivity contribution in [3.63, 3.8) is 0 Å². The molecular formula is C12H20N2O5. The van der Waals surface area contributed by atoms with Crippen LogP contribution in [0.4, 0.5) is 0 Å². The summed E-state index contributed by atoms with van der Waals surface area (Å²) in [6.45, 7) is 6.05. The van der Waals surface area contributed by atoms with Crippen molar-refractivity contribution in [1.29, 1.82) is 0 Å². The minimum atomic E-state index is -1.04. The van der Waals surface area contributed by atoms with E-state index in [4.69, 9.17) is 19.1 Å². The van der Waals surface area contributed by atoms with Gasteiger partial charge in [-0.3, -0.25) is 0 Å². The molecule has 1 heterocycles. The largest absolute Gasteiger partial charge is 0.480 e. The molecule has 0 fully saturated rings. The number of aromatic nitrogens is 2. The number of carboxylic acids is 1. The van der Waals surface area contributed by atoms with Crippen molar-refractivity contribution in [1.82, 2.24) is 10.1 Å². The third kappa shape index (κ3) is 4.00. The third-order valence-electron chi connectivity index (χ3n) is 2.89. The highest BCUT2D eigenvalue weighted by molar-refractivity contribution is 5.67. The molecule has 0 atom stereocenters. The van der Waals surface area contributed by atoms with Crippen LogP contribution in [-0.2, 0) is 26.5 Å². The van der Waals surface area contributed by atoms with Crippen LogP contribution in [0.3, 0.4) is 0 Å². The Kier molecular flexibility index (Phi) is 5.91. The summed E-state index contributed by atoms with van der Waals surface area (Å²) in [4.78, 5) is 14.5. The molecule has 0 spiro atoms. The highest BCUT2D eigenvalue weighted by atomic mass is 16.5. The first-order valence-corrected chi connectivity index (χ1v) is 6.34. The van der Waals surface area contributed by atoms with E-state index in [0.717, 1.165) is 12.8 Å². The maximum absolute atomic E-state index is 10.3. The maximum atomic E-state index is 10.3. The van der Waals surface area contributed by atoms with E-state index >= 15 is 0 Å². The minimum absolute atomic E-state index is 0.0189. The van der Waals surface area contributed by atoms with E-state index in [9.17, 15) is 4.79 Å². The molecule has 1 N–H and O–H groups in total. The summed E-state index contributed by atoms with van der Waals surface area (Å²) in [6.07, 6.45) is 1.46. The van der Waals surface area contributed by atoms with Crippen molar-refractivity contribution >= 4 is 5.97 Å². The Morgan fingerprint density at radius 3 is 2.58 bits per heavy atom. The van der Waals surface area contributed by atoms with E-state index in [-0.39, 0.29) is 12.5 Å². The molecule has 1 rings (SSSR count). The van der Waals surface area contributed by atoms with Crippen LogP contribution in [0.1, 0.15) is 45.3 Å². The van der Waals surface area contributed by atoms with Gasteiger partial charge in [0.05, 0.1) is 0 Å². The fourth-order valence-electron chi connectivity index (χ4n) is 1.84. The predicted molar refractivity (Wildman–Crippen MR) is 65.5 cm³/mol. The Labute approximate surface area is 111 Å². The molecular weight excluding hydrogens is 252 g/mol. The second-order valence-electron chi connectivity index (χ2n) is 4.03. The fourth-order valence-corrected chi connectivity index (χ4v) is 1.84. The van der Waals surface area contributed by atoms with Crippen LogP contribution in [0.5, 0.6) is 0 Å². The molecule has 0 bridgehead atoms. The molecule has 0 unspecified atom stereocenters. The van der Waals surface area contributed by atoms with Gasteiger partial charge in [-0.15, -0.1) is 0 Å². The maximum Gasteiger partial charge on any atom is 0.329 e. The summed E-state index contributed by atoms with van der Waals surface area (Å²) in [5.41, 5.74) is -0.552. The van der Waals surface area contributed by atoms with Gasteiger partial charge >= 0.3 is 5.97 Å². The zero-order valence-corrected chi connectivity index (χ0v) is 11.5. The molecule has 0 saturated carbocycles. The number of carbonyl (C=O) groups is 1. The van der Waals surface area contributed by atoms with Gasteiger partial charge in [0.1, 0.15) is 18.8 Å². The molecule has 7 heteroatoms. The van der Waals surface area contributed by atoms with Crippen molar-refractivity contribution in [3.8, 4) is 0 Å². The lowest BCUT2D eigenvalue weighted by molar-refractivity contribution is -0.142.